The Morgan fingerprint density at radius 3 is 2.57 bits per heavy atom. The molecule has 1 amide bonds. The van der Waals surface area contributed by atoms with Gasteiger partial charge in [-0.3, -0.25) is 9.69 Å². The van der Waals surface area contributed by atoms with Gasteiger partial charge in [0.1, 0.15) is 0 Å². The van der Waals surface area contributed by atoms with Crippen molar-refractivity contribution < 1.29 is 14.4 Å². The van der Waals surface area contributed by atoms with Crippen molar-refractivity contribution in [3.8, 4) is 0 Å². The highest BCUT2D eigenvalue weighted by Gasteiger charge is 2.27. The van der Waals surface area contributed by atoms with Crippen molar-refractivity contribution in [1.29, 1.82) is 0 Å². The van der Waals surface area contributed by atoms with Crippen molar-refractivity contribution >= 4 is 5.91 Å². The molecule has 1 unspecified atom stereocenters. The Kier molecular flexibility index (Phi) is 5.41. The highest BCUT2D eigenvalue weighted by Crippen LogP contribution is 2.23. The fourth-order valence-electron chi connectivity index (χ4n) is 2.46. The van der Waals surface area contributed by atoms with Crippen LogP contribution in [-0.2, 0) is 10.2 Å². The lowest BCUT2D eigenvalue weighted by Gasteiger charge is -2.31. The zero-order valence-electron chi connectivity index (χ0n) is 14.7. The Morgan fingerprint density at radius 1 is 1.43 bits per heavy atom. The van der Waals surface area contributed by atoms with Crippen LogP contribution in [-0.4, -0.2) is 63.7 Å². The van der Waals surface area contributed by atoms with Crippen LogP contribution < -0.4 is 0 Å². The summed E-state index contributed by atoms with van der Waals surface area (Å²) in [5, 5.41) is 13.6. The number of nitrogens with zero attached hydrogens (tertiary/aromatic N) is 4. The Hall–Kier alpha value is -1.47. The van der Waals surface area contributed by atoms with Gasteiger partial charge in [-0.05, 0) is 26.8 Å². The van der Waals surface area contributed by atoms with Crippen molar-refractivity contribution in [3.05, 3.63) is 11.7 Å². The van der Waals surface area contributed by atoms with Crippen molar-refractivity contribution in [2.24, 2.45) is 0 Å². The van der Waals surface area contributed by atoms with E-state index in [4.69, 9.17) is 4.52 Å². The average molecular weight is 324 g/mol. The van der Waals surface area contributed by atoms with Crippen molar-refractivity contribution in [2.45, 2.75) is 58.1 Å². The molecule has 0 spiro atoms. The molecular formula is C16H28N4O3. The number of piperidine rings is 1. The van der Waals surface area contributed by atoms with Crippen LogP contribution in [0, 0.1) is 0 Å². The largest absolute Gasteiger partial charge is 0.393 e. The summed E-state index contributed by atoms with van der Waals surface area (Å²) in [6.07, 6.45) is 1.04. The molecule has 2 rings (SSSR count). The molecule has 1 atom stereocenters. The second kappa shape index (κ2) is 6.97. The molecular weight excluding hydrogens is 296 g/mol. The number of amides is 1. The summed E-state index contributed by atoms with van der Waals surface area (Å²) in [6.45, 7) is 9.59. The zero-order valence-corrected chi connectivity index (χ0v) is 14.7. The van der Waals surface area contributed by atoms with Gasteiger partial charge in [0.25, 0.3) is 0 Å². The van der Waals surface area contributed by atoms with Gasteiger partial charge >= 0.3 is 0 Å². The van der Waals surface area contributed by atoms with Crippen molar-refractivity contribution in [1.82, 2.24) is 19.9 Å². The maximum Gasteiger partial charge on any atom is 0.243 e. The summed E-state index contributed by atoms with van der Waals surface area (Å²) < 4.78 is 5.35. The number of aliphatic hydroxyl groups is 1. The Labute approximate surface area is 137 Å². The minimum Gasteiger partial charge on any atom is -0.393 e. The van der Waals surface area contributed by atoms with Gasteiger partial charge in [0, 0.05) is 18.5 Å². The van der Waals surface area contributed by atoms with Crippen molar-refractivity contribution in [3.63, 3.8) is 0 Å². The number of aromatic nitrogens is 2. The SMILES string of the molecule is CC(c1nc(C(C)(C)C)no1)N(C)CC(=O)N1CCC(O)CC1. The fourth-order valence-corrected chi connectivity index (χ4v) is 2.46. The Bertz CT molecular complexity index is 530. The molecule has 23 heavy (non-hydrogen) atoms. The highest BCUT2D eigenvalue weighted by molar-refractivity contribution is 5.78. The van der Waals surface area contributed by atoms with Gasteiger partial charge in [0.15, 0.2) is 5.82 Å². The van der Waals surface area contributed by atoms with E-state index in [1.807, 2.05) is 44.5 Å². The van der Waals surface area contributed by atoms with E-state index in [1.54, 1.807) is 0 Å². The third-order valence-electron chi connectivity index (χ3n) is 4.33. The minimum absolute atomic E-state index is 0.0711. The van der Waals surface area contributed by atoms with E-state index in [1.165, 1.54) is 0 Å². The maximum atomic E-state index is 12.4. The second-order valence-electron chi connectivity index (χ2n) is 7.41. The molecule has 1 saturated heterocycles. The van der Waals surface area contributed by atoms with Crippen LogP contribution in [0.4, 0.5) is 0 Å². The lowest BCUT2D eigenvalue weighted by atomic mass is 9.96. The molecule has 1 fully saturated rings. The van der Waals surface area contributed by atoms with Crippen LogP contribution in [0.2, 0.25) is 0 Å². The van der Waals surface area contributed by atoms with E-state index >= 15 is 0 Å². The highest BCUT2D eigenvalue weighted by atomic mass is 16.5. The quantitative estimate of drug-likeness (QED) is 0.900. The lowest BCUT2D eigenvalue weighted by molar-refractivity contribution is -0.134. The predicted octanol–water partition coefficient (Wildman–Crippen LogP) is 1.34. The summed E-state index contributed by atoms with van der Waals surface area (Å²) >= 11 is 0. The molecule has 0 radical (unpaired) electrons. The maximum absolute atomic E-state index is 12.4. The van der Waals surface area contributed by atoms with Gasteiger partial charge in [-0.2, -0.15) is 4.98 Å². The first-order valence-corrected chi connectivity index (χ1v) is 8.18. The third kappa shape index (κ3) is 4.51. The molecule has 1 N–H and O–H groups in total. The zero-order chi connectivity index (χ0) is 17.2. The van der Waals surface area contributed by atoms with Crippen LogP contribution in [0.3, 0.4) is 0 Å². The Balaban J connectivity index is 1.93. The summed E-state index contributed by atoms with van der Waals surface area (Å²) in [4.78, 5) is 20.5. The number of hydrogen-bond acceptors (Lipinski definition) is 6. The van der Waals surface area contributed by atoms with E-state index in [9.17, 15) is 9.90 Å². The number of hydrogen-bond donors (Lipinski definition) is 1. The number of carbonyl (C=O) groups is 1. The first-order chi connectivity index (χ1) is 10.7. The Morgan fingerprint density at radius 2 is 2.04 bits per heavy atom. The molecule has 1 aromatic rings. The van der Waals surface area contributed by atoms with E-state index in [0.29, 0.717) is 44.2 Å². The first kappa shape index (κ1) is 17.9. The summed E-state index contributed by atoms with van der Waals surface area (Å²) in [6, 6.07) is -0.127. The van der Waals surface area contributed by atoms with Gasteiger partial charge in [0.2, 0.25) is 11.8 Å². The molecule has 0 aliphatic carbocycles. The molecule has 7 nitrogen and oxygen atoms in total. The number of carbonyl (C=O) groups excluding carboxylic acids is 1. The minimum atomic E-state index is -0.273. The molecule has 2 heterocycles. The van der Waals surface area contributed by atoms with E-state index < -0.39 is 0 Å². The summed E-state index contributed by atoms with van der Waals surface area (Å²) in [7, 11) is 1.88. The van der Waals surface area contributed by atoms with Gasteiger partial charge in [-0.25, -0.2) is 0 Å². The van der Waals surface area contributed by atoms with E-state index in [2.05, 4.69) is 10.1 Å². The third-order valence-corrected chi connectivity index (χ3v) is 4.33. The summed E-state index contributed by atoms with van der Waals surface area (Å²) in [5.74, 6) is 1.27. The standard InChI is InChI=1S/C16H28N4O3/c1-11(14-17-15(18-23-14)16(2,3)4)19(5)10-13(22)20-8-6-12(21)7-9-20/h11-12,21H,6-10H2,1-5H3. The normalized spacial score (nSPS) is 18.5. The molecule has 1 aliphatic rings. The number of likely N-dealkylation sites (tertiary alicyclic amines) is 1. The van der Waals surface area contributed by atoms with Gasteiger partial charge in [-0.1, -0.05) is 25.9 Å². The topological polar surface area (TPSA) is 82.7 Å². The van der Waals surface area contributed by atoms with Crippen LogP contribution in [0.1, 0.15) is 58.3 Å². The summed E-state index contributed by atoms with van der Waals surface area (Å²) in [5.41, 5.74) is -0.162. The molecule has 0 saturated carbocycles. The molecule has 0 bridgehead atoms. The monoisotopic (exact) mass is 324 g/mol. The number of likely N-dealkylation sites (N-methyl/N-ethyl adjacent to an activating group) is 1. The molecule has 1 aromatic heterocycles. The van der Waals surface area contributed by atoms with E-state index in [-0.39, 0.29) is 23.5 Å². The van der Waals surface area contributed by atoms with Crippen molar-refractivity contribution in [2.75, 3.05) is 26.7 Å². The van der Waals surface area contributed by atoms with Crippen LogP contribution in [0.5, 0.6) is 0 Å². The van der Waals surface area contributed by atoms with E-state index in [0.717, 1.165) is 0 Å². The van der Waals surface area contributed by atoms with Crippen LogP contribution in [0.25, 0.3) is 0 Å². The van der Waals surface area contributed by atoms with Crippen LogP contribution >= 0.6 is 0 Å². The lowest BCUT2D eigenvalue weighted by Crippen LogP contribution is -2.44. The first-order valence-electron chi connectivity index (χ1n) is 8.18. The predicted molar refractivity (Wildman–Crippen MR) is 85.9 cm³/mol. The molecule has 1 aliphatic heterocycles. The molecule has 7 heteroatoms. The smallest absolute Gasteiger partial charge is 0.243 e. The number of aliphatic hydroxyl groups excluding tert-OH is 1. The van der Waals surface area contributed by atoms with Gasteiger partial charge in [-0.15, -0.1) is 0 Å². The average Bonchev–Trinajstić information content (AvgIpc) is 2.96. The molecule has 130 valence electrons. The fraction of sp³-hybridized carbons (Fsp3) is 0.812. The molecule has 0 aromatic carbocycles. The van der Waals surface area contributed by atoms with Gasteiger partial charge < -0.3 is 14.5 Å². The van der Waals surface area contributed by atoms with Crippen LogP contribution in [0.15, 0.2) is 4.52 Å². The van der Waals surface area contributed by atoms with Gasteiger partial charge in [0.05, 0.1) is 18.7 Å². The number of rotatable bonds is 4. The second-order valence-corrected chi connectivity index (χ2v) is 7.41.